The Balaban J connectivity index is 1.73. The van der Waals surface area contributed by atoms with E-state index in [0.29, 0.717) is 0 Å². The molecule has 1 aliphatic heterocycles. The predicted molar refractivity (Wildman–Crippen MR) is 92.7 cm³/mol. The van der Waals surface area contributed by atoms with Crippen molar-refractivity contribution in [2.45, 2.75) is 36.7 Å². The van der Waals surface area contributed by atoms with Crippen molar-refractivity contribution in [2.75, 3.05) is 6.61 Å². The quantitative estimate of drug-likeness (QED) is 0.445. The Kier molecular flexibility index (Phi) is 6.33. The molecule has 1 aliphatic rings. The van der Waals surface area contributed by atoms with Crippen LogP contribution in [-0.4, -0.2) is 57.7 Å². The number of nitrogens with one attached hydrogen (secondary N) is 1. The van der Waals surface area contributed by atoms with E-state index < -0.39 is 37.3 Å². The molecule has 0 radical (unpaired) electrons. The molecule has 0 saturated carbocycles. The van der Waals surface area contributed by atoms with Crippen LogP contribution >= 0.6 is 0 Å². The summed E-state index contributed by atoms with van der Waals surface area (Å²) in [6, 6.07) is 18.9. The van der Waals surface area contributed by atoms with Crippen LogP contribution in [0.4, 0.5) is 0 Å². The topological polar surface area (TPSA) is 111 Å². The molecule has 0 aliphatic carbocycles. The van der Waals surface area contributed by atoms with Gasteiger partial charge < -0.3 is 25.2 Å². The molecule has 7 heteroatoms. The number of benzene rings is 2. The maximum absolute atomic E-state index is 10.1. The van der Waals surface area contributed by atoms with Crippen molar-refractivity contribution in [3.63, 3.8) is 0 Å². The smallest absolute Gasteiger partial charge is 0.206 e. The van der Waals surface area contributed by atoms with Gasteiger partial charge in [-0.05, 0) is 11.1 Å². The Labute approximate surface area is 151 Å². The van der Waals surface area contributed by atoms with Gasteiger partial charge in [-0.25, -0.2) is 0 Å². The lowest BCUT2D eigenvalue weighted by molar-refractivity contribution is -0.214. The average Bonchev–Trinajstić information content (AvgIpc) is 2.98. The number of rotatable bonds is 7. The van der Waals surface area contributed by atoms with Crippen molar-refractivity contribution in [1.29, 1.82) is 0 Å². The molecule has 7 nitrogen and oxygen atoms in total. The zero-order valence-corrected chi connectivity index (χ0v) is 14.1. The maximum atomic E-state index is 10.1. The van der Waals surface area contributed by atoms with Gasteiger partial charge in [0.15, 0.2) is 0 Å². The van der Waals surface area contributed by atoms with Crippen LogP contribution in [0.1, 0.15) is 17.2 Å². The third kappa shape index (κ3) is 4.11. The van der Waals surface area contributed by atoms with Crippen LogP contribution in [0, 0.1) is 0 Å². The van der Waals surface area contributed by atoms with Crippen LogP contribution in [0.2, 0.25) is 0 Å². The normalized spacial score (nSPS) is 27.0. The second kappa shape index (κ2) is 8.70. The molecule has 3 rings (SSSR count). The average molecular weight is 361 g/mol. The zero-order chi connectivity index (χ0) is 18.5. The molecule has 5 atom stereocenters. The van der Waals surface area contributed by atoms with Gasteiger partial charge in [-0.2, -0.15) is 5.48 Å². The lowest BCUT2D eigenvalue weighted by atomic mass is 10.00. The first-order valence-electron chi connectivity index (χ1n) is 8.43. The Hall–Kier alpha value is -1.84. The number of aliphatic hydroxyl groups is 4. The predicted octanol–water partition coefficient (Wildman–Crippen LogP) is 0.0971. The molecule has 1 saturated heterocycles. The van der Waals surface area contributed by atoms with Crippen molar-refractivity contribution >= 4 is 0 Å². The molecule has 0 bridgehead atoms. The van der Waals surface area contributed by atoms with Gasteiger partial charge in [0.05, 0.1) is 12.6 Å². The molecule has 1 fully saturated rings. The Bertz CT molecular complexity index is 631. The molecule has 2 aromatic carbocycles. The van der Waals surface area contributed by atoms with Crippen molar-refractivity contribution in [2.24, 2.45) is 0 Å². The van der Waals surface area contributed by atoms with Crippen molar-refractivity contribution < 1.29 is 30.0 Å². The van der Waals surface area contributed by atoms with E-state index in [2.05, 4.69) is 5.48 Å². The Morgan fingerprint density at radius 3 is 1.96 bits per heavy atom. The molecule has 0 unspecified atom stereocenters. The minimum Gasteiger partial charge on any atom is -0.394 e. The SMILES string of the molecule is OC[C@H](O)[C@H]1O[C@H](ONC(c2ccccc2)c2ccccc2)[C@@H](O)[C@H]1O. The highest BCUT2D eigenvalue weighted by Crippen LogP contribution is 2.26. The Morgan fingerprint density at radius 1 is 0.923 bits per heavy atom. The highest BCUT2D eigenvalue weighted by molar-refractivity contribution is 5.31. The lowest BCUT2D eigenvalue weighted by Gasteiger charge is -2.23. The summed E-state index contributed by atoms with van der Waals surface area (Å²) in [5.41, 5.74) is 4.77. The first-order chi connectivity index (χ1) is 12.6. The van der Waals surface area contributed by atoms with Gasteiger partial charge >= 0.3 is 0 Å². The molecule has 1 heterocycles. The van der Waals surface area contributed by atoms with E-state index in [4.69, 9.17) is 14.7 Å². The van der Waals surface area contributed by atoms with E-state index >= 15 is 0 Å². The number of ether oxygens (including phenoxy) is 1. The van der Waals surface area contributed by atoms with Gasteiger partial charge in [0.25, 0.3) is 0 Å². The highest BCUT2D eigenvalue weighted by Gasteiger charge is 2.47. The third-order valence-corrected chi connectivity index (χ3v) is 4.39. The van der Waals surface area contributed by atoms with Crippen LogP contribution in [0.25, 0.3) is 0 Å². The van der Waals surface area contributed by atoms with Gasteiger partial charge in [-0.1, -0.05) is 60.7 Å². The second-order valence-corrected chi connectivity index (χ2v) is 6.19. The number of hydrogen-bond acceptors (Lipinski definition) is 7. The lowest BCUT2D eigenvalue weighted by Crippen LogP contribution is -2.40. The van der Waals surface area contributed by atoms with Gasteiger partial charge in [0, 0.05) is 0 Å². The highest BCUT2D eigenvalue weighted by atomic mass is 16.8. The number of aliphatic hydroxyl groups excluding tert-OH is 4. The minimum atomic E-state index is -1.36. The number of hydrogen-bond donors (Lipinski definition) is 5. The Morgan fingerprint density at radius 2 is 1.46 bits per heavy atom. The van der Waals surface area contributed by atoms with Crippen molar-refractivity contribution in [3.05, 3.63) is 71.8 Å². The second-order valence-electron chi connectivity index (χ2n) is 6.19. The van der Waals surface area contributed by atoms with Gasteiger partial charge in [-0.15, -0.1) is 0 Å². The molecule has 5 N–H and O–H groups in total. The summed E-state index contributed by atoms with van der Waals surface area (Å²) in [6.07, 6.45) is -6.36. The van der Waals surface area contributed by atoms with Crippen LogP contribution in [0.15, 0.2) is 60.7 Å². The first-order valence-corrected chi connectivity index (χ1v) is 8.43. The van der Waals surface area contributed by atoms with E-state index in [1.54, 1.807) is 0 Å². The molecule has 2 aromatic rings. The number of hydroxylamine groups is 1. The summed E-state index contributed by atoms with van der Waals surface area (Å²) in [7, 11) is 0. The fraction of sp³-hybridized carbons (Fsp3) is 0.368. The molecule has 140 valence electrons. The van der Waals surface area contributed by atoms with E-state index in [-0.39, 0.29) is 6.04 Å². The fourth-order valence-electron chi connectivity index (χ4n) is 2.95. The van der Waals surface area contributed by atoms with E-state index in [9.17, 15) is 15.3 Å². The minimum absolute atomic E-state index is 0.327. The van der Waals surface area contributed by atoms with Crippen LogP contribution in [-0.2, 0) is 9.57 Å². The molecule has 0 spiro atoms. The summed E-state index contributed by atoms with van der Waals surface area (Å²) in [6.45, 7) is -0.592. The molecule has 0 amide bonds. The molecule has 0 aromatic heterocycles. The van der Waals surface area contributed by atoms with Gasteiger partial charge in [0.1, 0.15) is 24.4 Å². The summed E-state index contributed by atoms with van der Waals surface area (Å²) in [5.74, 6) is 0. The summed E-state index contributed by atoms with van der Waals surface area (Å²) in [5, 5.41) is 38.8. The fourth-order valence-corrected chi connectivity index (χ4v) is 2.95. The van der Waals surface area contributed by atoms with Crippen LogP contribution in [0.5, 0.6) is 0 Å². The summed E-state index contributed by atoms with van der Waals surface area (Å²) >= 11 is 0. The van der Waals surface area contributed by atoms with E-state index in [1.807, 2.05) is 60.7 Å². The zero-order valence-electron chi connectivity index (χ0n) is 14.1. The van der Waals surface area contributed by atoms with Gasteiger partial charge in [0.2, 0.25) is 6.29 Å². The standard InChI is InChI=1S/C19H23NO6/c21-11-14(22)18-16(23)17(24)19(25-18)26-20-15(12-7-3-1-4-8-12)13-9-5-2-6-10-13/h1-10,14-24H,11H2/t14-,16+,17-,18+,19+/m0/s1. The largest absolute Gasteiger partial charge is 0.394 e. The summed E-state index contributed by atoms with van der Waals surface area (Å²) in [4.78, 5) is 5.51. The monoisotopic (exact) mass is 361 g/mol. The molecular weight excluding hydrogens is 338 g/mol. The molecule has 26 heavy (non-hydrogen) atoms. The van der Waals surface area contributed by atoms with Gasteiger partial charge in [-0.3, -0.25) is 4.84 Å². The van der Waals surface area contributed by atoms with Crippen molar-refractivity contribution in [1.82, 2.24) is 5.48 Å². The van der Waals surface area contributed by atoms with Crippen LogP contribution in [0.3, 0.4) is 0 Å². The molecular formula is C19H23NO6. The maximum Gasteiger partial charge on any atom is 0.206 e. The third-order valence-electron chi connectivity index (χ3n) is 4.39. The van der Waals surface area contributed by atoms with Crippen LogP contribution < -0.4 is 5.48 Å². The first kappa shape index (κ1) is 18.9. The summed E-state index contributed by atoms with van der Waals surface area (Å²) < 4.78 is 5.37. The van der Waals surface area contributed by atoms with E-state index in [0.717, 1.165) is 11.1 Å². The van der Waals surface area contributed by atoms with E-state index in [1.165, 1.54) is 0 Å². The van der Waals surface area contributed by atoms with Crippen molar-refractivity contribution in [3.8, 4) is 0 Å².